The molecule has 1 fully saturated rings. The normalized spacial score (nSPS) is 22.3. The van der Waals surface area contributed by atoms with Gasteiger partial charge in [0.2, 0.25) is 0 Å². The van der Waals surface area contributed by atoms with Crippen molar-refractivity contribution >= 4 is 17.3 Å². The molecule has 0 bridgehead atoms. The van der Waals surface area contributed by atoms with Gasteiger partial charge in [-0.05, 0) is 68.1 Å². The molecule has 1 aliphatic heterocycles. The van der Waals surface area contributed by atoms with Gasteiger partial charge in [-0.1, -0.05) is 18.2 Å². The number of carbonyl (C=O) groups is 1. The largest absolute Gasteiger partial charge is 0.481 e. The van der Waals surface area contributed by atoms with Gasteiger partial charge in [-0.25, -0.2) is 4.98 Å². The van der Waals surface area contributed by atoms with Gasteiger partial charge in [-0.15, -0.1) is 17.9 Å². The van der Waals surface area contributed by atoms with Gasteiger partial charge >= 0.3 is 5.97 Å². The second kappa shape index (κ2) is 9.88. The molecule has 0 saturated heterocycles. The van der Waals surface area contributed by atoms with E-state index in [1.807, 2.05) is 6.08 Å². The molecule has 1 N–H and O–H groups in total. The third kappa shape index (κ3) is 5.19. The topological polar surface area (TPSA) is 53.4 Å². The van der Waals surface area contributed by atoms with E-state index in [1.165, 1.54) is 21.7 Å². The van der Waals surface area contributed by atoms with Crippen LogP contribution in [0.15, 0.2) is 36.2 Å². The van der Waals surface area contributed by atoms with E-state index in [9.17, 15) is 4.79 Å². The summed E-state index contributed by atoms with van der Waals surface area (Å²) in [4.78, 5) is 18.3. The van der Waals surface area contributed by atoms with Crippen molar-refractivity contribution in [2.45, 2.75) is 57.3 Å². The summed E-state index contributed by atoms with van der Waals surface area (Å²) in [7, 11) is 0. The van der Waals surface area contributed by atoms with Crippen LogP contribution in [0, 0.1) is 5.92 Å². The van der Waals surface area contributed by atoms with Crippen LogP contribution in [0.4, 0.5) is 0 Å². The molecule has 1 aliphatic carbocycles. The Labute approximate surface area is 183 Å². The van der Waals surface area contributed by atoms with E-state index in [0.29, 0.717) is 18.3 Å². The zero-order chi connectivity index (χ0) is 20.9. The zero-order valence-electron chi connectivity index (χ0n) is 17.7. The zero-order valence-corrected chi connectivity index (χ0v) is 18.5. The minimum atomic E-state index is -0.671. The third-order valence-corrected chi connectivity index (χ3v) is 7.78. The van der Waals surface area contributed by atoms with Crippen LogP contribution in [0.3, 0.4) is 0 Å². The summed E-state index contributed by atoms with van der Waals surface area (Å²) in [6.45, 7) is 7.04. The van der Waals surface area contributed by atoms with Crippen LogP contribution < -0.4 is 0 Å². The van der Waals surface area contributed by atoms with Crippen molar-refractivity contribution in [3.63, 3.8) is 0 Å². The third-order valence-electron chi connectivity index (χ3n) is 6.77. The van der Waals surface area contributed by atoms with Crippen molar-refractivity contribution in [1.29, 1.82) is 0 Å². The summed E-state index contributed by atoms with van der Waals surface area (Å²) in [6, 6.07) is 6.90. The first-order chi connectivity index (χ1) is 14.6. The lowest BCUT2D eigenvalue weighted by Gasteiger charge is -2.26. The highest BCUT2D eigenvalue weighted by Gasteiger charge is 2.25. The maximum absolute atomic E-state index is 10.8. The van der Waals surface area contributed by atoms with Crippen molar-refractivity contribution in [3.05, 3.63) is 52.4 Å². The summed E-state index contributed by atoms with van der Waals surface area (Å²) in [5.41, 5.74) is 5.29. The smallest absolute Gasteiger partial charge is 0.303 e. The van der Waals surface area contributed by atoms with E-state index in [-0.39, 0.29) is 0 Å². The number of carboxylic acid groups (broad SMARTS) is 1. The highest BCUT2D eigenvalue weighted by molar-refractivity contribution is 7.10. The fourth-order valence-corrected chi connectivity index (χ4v) is 5.93. The Kier molecular flexibility index (Phi) is 7.00. The molecule has 30 heavy (non-hydrogen) atoms. The van der Waals surface area contributed by atoms with Crippen molar-refractivity contribution in [2.24, 2.45) is 5.92 Å². The lowest BCUT2D eigenvalue weighted by Crippen LogP contribution is -2.26. The maximum Gasteiger partial charge on any atom is 0.303 e. The lowest BCUT2D eigenvalue weighted by atomic mass is 9.80. The molecule has 2 aromatic rings. The highest BCUT2D eigenvalue weighted by atomic mass is 32.1. The van der Waals surface area contributed by atoms with E-state index in [2.05, 4.69) is 35.1 Å². The van der Waals surface area contributed by atoms with Gasteiger partial charge in [0.25, 0.3) is 0 Å². The van der Waals surface area contributed by atoms with Gasteiger partial charge in [0.1, 0.15) is 0 Å². The minimum absolute atomic E-state index is 0.306. The standard InChI is InChI=1S/C25H32N2O2S/c1-2-13-27-14-11-19-8-9-22(16-21(19)12-15-27)23-17-30-25(26-23)20-6-3-18(4-7-20)5-10-24(28)29/h2,8-9,16-18,20H,1,3-7,10-15H2,(H,28,29). The number of carboxylic acids is 1. The molecular weight excluding hydrogens is 392 g/mol. The molecule has 0 spiro atoms. The van der Waals surface area contributed by atoms with E-state index in [4.69, 9.17) is 10.1 Å². The number of aliphatic carboxylic acids is 1. The second-order valence-corrected chi connectivity index (χ2v) is 9.68. The van der Waals surface area contributed by atoms with Gasteiger partial charge < -0.3 is 5.11 Å². The van der Waals surface area contributed by atoms with E-state index in [0.717, 1.165) is 70.3 Å². The Morgan fingerprint density at radius 3 is 2.70 bits per heavy atom. The van der Waals surface area contributed by atoms with Crippen LogP contribution in [-0.2, 0) is 17.6 Å². The molecule has 4 rings (SSSR count). The second-order valence-electron chi connectivity index (χ2n) is 8.79. The highest BCUT2D eigenvalue weighted by Crippen LogP contribution is 2.39. The summed E-state index contributed by atoms with van der Waals surface area (Å²) in [5, 5.41) is 12.4. The Balaban J connectivity index is 1.39. The molecule has 4 nitrogen and oxygen atoms in total. The van der Waals surface area contributed by atoms with Gasteiger partial charge in [0.05, 0.1) is 10.7 Å². The quantitative estimate of drug-likeness (QED) is 0.593. The summed E-state index contributed by atoms with van der Waals surface area (Å²) in [6.07, 6.45) is 9.87. The number of aromatic nitrogens is 1. The molecule has 1 saturated carbocycles. The number of fused-ring (bicyclic) bond motifs is 1. The Morgan fingerprint density at radius 2 is 1.97 bits per heavy atom. The Bertz CT molecular complexity index is 883. The number of rotatable bonds is 7. The van der Waals surface area contributed by atoms with Crippen molar-refractivity contribution in [3.8, 4) is 11.3 Å². The molecule has 0 amide bonds. The van der Waals surface area contributed by atoms with Crippen LogP contribution in [-0.4, -0.2) is 40.6 Å². The summed E-state index contributed by atoms with van der Waals surface area (Å²) < 4.78 is 0. The van der Waals surface area contributed by atoms with E-state index >= 15 is 0 Å². The fraction of sp³-hybridized carbons (Fsp3) is 0.520. The maximum atomic E-state index is 10.8. The van der Waals surface area contributed by atoms with Gasteiger partial charge in [0, 0.05) is 42.9 Å². The van der Waals surface area contributed by atoms with E-state index in [1.54, 1.807) is 11.3 Å². The van der Waals surface area contributed by atoms with Crippen LogP contribution in [0.5, 0.6) is 0 Å². The molecule has 5 heteroatoms. The molecule has 0 radical (unpaired) electrons. The van der Waals surface area contributed by atoms with Crippen LogP contribution >= 0.6 is 11.3 Å². The lowest BCUT2D eigenvalue weighted by molar-refractivity contribution is -0.137. The van der Waals surface area contributed by atoms with Gasteiger partial charge in [-0.2, -0.15) is 0 Å². The molecule has 1 aromatic carbocycles. The Hall–Kier alpha value is -1.98. The first kappa shape index (κ1) is 21.3. The van der Waals surface area contributed by atoms with Crippen LogP contribution in [0.2, 0.25) is 0 Å². The van der Waals surface area contributed by atoms with Crippen LogP contribution in [0.1, 0.15) is 60.6 Å². The minimum Gasteiger partial charge on any atom is -0.481 e. The van der Waals surface area contributed by atoms with Gasteiger partial charge in [-0.3, -0.25) is 9.69 Å². The first-order valence-electron chi connectivity index (χ1n) is 11.2. The average Bonchev–Trinajstić information content (AvgIpc) is 3.16. The van der Waals surface area contributed by atoms with Crippen molar-refractivity contribution < 1.29 is 9.90 Å². The predicted octanol–water partition coefficient (Wildman–Crippen LogP) is 5.54. The average molecular weight is 425 g/mol. The van der Waals surface area contributed by atoms with Crippen molar-refractivity contribution in [1.82, 2.24) is 9.88 Å². The molecule has 2 heterocycles. The number of nitrogens with zero attached hydrogens (tertiary/aromatic N) is 2. The Morgan fingerprint density at radius 1 is 1.20 bits per heavy atom. The molecule has 0 unspecified atom stereocenters. The van der Waals surface area contributed by atoms with Crippen LogP contribution in [0.25, 0.3) is 11.3 Å². The van der Waals surface area contributed by atoms with Crippen molar-refractivity contribution in [2.75, 3.05) is 19.6 Å². The van der Waals surface area contributed by atoms with E-state index < -0.39 is 5.97 Å². The molecule has 2 aliphatic rings. The van der Waals surface area contributed by atoms with Gasteiger partial charge in [0.15, 0.2) is 0 Å². The molecule has 160 valence electrons. The number of hydrogen-bond acceptors (Lipinski definition) is 4. The number of benzene rings is 1. The molecule has 0 atom stereocenters. The monoisotopic (exact) mass is 424 g/mol. The number of hydrogen-bond donors (Lipinski definition) is 1. The first-order valence-corrected chi connectivity index (χ1v) is 12.1. The summed E-state index contributed by atoms with van der Waals surface area (Å²) in [5.74, 6) is 0.441. The fourth-order valence-electron chi connectivity index (χ4n) is 4.93. The SMILES string of the molecule is C=CCN1CCc2ccc(-c3csc(C4CCC(CCC(=O)O)CC4)n3)cc2CC1. The molecular formula is C25H32N2O2S. The summed E-state index contributed by atoms with van der Waals surface area (Å²) >= 11 is 1.79. The molecule has 1 aromatic heterocycles. The predicted molar refractivity (Wildman–Crippen MR) is 123 cm³/mol. The number of thiazole rings is 1.